The van der Waals surface area contributed by atoms with Crippen LogP contribution < -0.4 is 0 Å². The van der Waals surface area contributed by atoms with Gasteiger partial charge in [0, 0.05) is 10.6 Å². The van der Waals surface area contributed by atoms with Crippen LogP contribution in [0.15, 0.2) is 53.6 Å². The number of hydrogen-bond acceptors (Lipinski definition) is 2. The summed E-state index contributed by atoms with van der Waals surface area (Å²) in [6, 6.07) is 14.7. The van der Waals surface area contributed by atoms with Crippen molar-refractivity contribution in [1.82, 2.24) is 0 Å². The third kappa shape index (κ3) is 2.51. The number of hydrogen-bond donors (Lipinski definition) is 1. The highest BCUT2D eigenvalue weighted by Gasteiger charge is 2.13. The van der Waals surface area contributed by atoms with Gasteiger partial charge in [-0.1, -0.05) is 59.2 Å². The molecule has 90 valence electrons. The van der Waals surface area contributed by atoms with Gasteiger partial charge in [0.15, 0.2) is 0 Å². The molecule has 0 spiro atoms. The van der Waals surface area contributed by atoms with Crippen molar-refractivity contribution in [2.75, 3.05) is 0 Å². The van der Waals surface area contributed by atoms with Gasteiger partial charge >= 0.3 is 0 Å². The molecule has 4 nitrogen and oxygen atoms in total. The zero-order chi connectivity index (χ0) is 13.0. The van der Waals surface area contributed by atoms with Gasteiger partial charge in [-0.2, -0.15) is 0 Å². The SMILES string of the molecule is Cc1ccc(N=[N+]=[N-])c(C(O)c2ccccc2)c1. The van der Waals surface area contributed by atoms with Crippen LogP contribution in [0, 0.1) is 6.92 Å². The normalized spacial score (nSPS) is 11.7. The number of nitrogens with zero attached hydrogens (tertiary/aromatic N) is 3. The first-order valence-electron chi connectivity index (χ1n) is 5.61. The van der Waals surface area contributed by atoms with Gasteiger partial charge in [0.1, 0.15) is 6.10 Å². The summed E-state index contributed by atoms with van der Waals surface area (Å²) in [4.78, 5) is 2.79. The van der Waals surface area contributed by atoms with Crippen LogP contribution in [0.2, 0.25) is 0 Å². The molecule has 0 radical (unpaired) electrons. The lowest BCUT2D eigenvalue weighted by atomic mass is 9.98. The average Bonchev–Trinajstić information content (AvgIpc) is 2.41. The van der Waals surface area contributed by atoms with E-state index in [9.17, 15) is 5.11 Å². The molecule has 1 atom stereocenters. The molecule has 2 rings (SSSR count). The number of aliphatic hydroxyl groups is 1. The topological polar surface area (TPSA) is 69.0 Å². The maximum Gasteiger partial charge on any atom is 0.105 e. The smallest absolute Gasteiger partial charge is 0.105 e. The third-order valence-corrected chi connectivity index (χ3v) is 2.75. The van der Waals surface area contributed by atoms with Crippen LogP contribution in [0.4, 0.5) is 5.69 Å². The van der Waals surface area contributed by atoms with Gasteiger partial charge in [-0.25, -0.2) is 0 Å². The molecule has 0 aliphatic heterocycles. The van der Waals surface area contributed by atoms with E-state index < -0.39 is 6.10 Å². The van der Waals surface area contributed by atoms with Crippen molar-refractivity contribution < 1.29 is 5.11 Å². The summed E-state index contributed by atoms with van der Waals surface area (Å²) in [5, 5.41) is 14.0. The molecule has 0 amide bonds. The predicted octanol–water partition coefficient (Wildman–Crippen LogP) is 4.02. The van der Waals surface area contributed by atoms with E-state index in [-0.39, 0.29) is 0 Å². The van der Waals surface area contributed by atoms with E-state index in [2.05, 4.69) is 10.0 Å². The Balaban J connectivity index is 2.49. The van der Waals surface area contributed by atoms with Crippen molar-refractivity contribution >= 4 is 5.69 Å². The lowest BCUT2D eigenvalue weighted by molar-refractivity contribution is 0.221. The molecule has 0 aliphatic rings. The molecule has 2 aromatic carbocycles. The highest BCUT2D eigenvalue weighted by atomic mass is 16.3. The molecule has 2 aromatic rings. The molecule has 0 aromatic heterocycles. The molecular formula is C14H13N3O. The Hall–Kier alpha value is -2.29. The Labute approximate surface area is 105 Å². The van der Waals surface area contributed by atoms with Crippen LogP contribution in [-0.4, -0.2) is 5.11 Å². The molecule has 0 aliphatic carbocycles. The maximum absolute atomic E-state index is 10.3. The Morgan fingerprint density at radius 2 is 1.89 bits per heavy atom. The Bertz CT molecular complexity index is 589. The molecule has 0 fully saturated rings. The zero-order valence-electron chi connectivity index (χ0n) is 9.99. The number of aryl methyl sites for hydroxylation is 1. The summed E-state index contributed by atoms with van der Waals surface area (Å²) in [6.07, 6.45) is -0.786. The van der Waals surface area contributed by atoms with Gasteiger partial charge in [0.05, 0.1) is 0 Å². The van der Waals surface area contributed by atoms with E-state index in [1.54, 1.807) is 6.07 Å². The molecule has 4 heteroatoms. The number of aliphatic hydroxyl groups excluding tert-OH is 1. The van der Waals surface area contributed by atoms with E-state index in [0.29, 0.717) is 11.3 Å². The lowest BCUT2D eigenvalue weighted by Crippen LogP contribution is -2.00. The van der Waals surface area contributed by atoms with Crippen molar-refractivity contribution in [3.05, 3.63) is 75.7 Å². The maximum atomic E-state index is 10.3. The van der Waals surface area contributed by atoms with Gasteiger partial charge in [-0.05, 0) is 23.6 Å². The molecule has 1 unspecified atom stereocenters. The van der Waals surface area contributed by atoms with Crippen molar-refractivity contribution in [2.24, 2.45) is 5.11 Å². The Kier molecular flexibility index (Phi) is 3.63. The summed E-state index contributed by atoms with van der Waals surface area (Å²) in [5.41, 5.74) is 11.4. The van der Waals surface area contributed by atoms with E-state index in [0.717, 1.165) is 11.1 Å². The third-order valence-electron chi connectivity index (χ3n) is 2.75. The van der Waals surface area contributed by atoms with Crippen LogP contribution in [0.1, 0.15) is 22.8 Å². The van der Waals surface area contributed by atoms with E-state index in [1.807, 2.05) is 49.4 Å². The number of azide groups is 1. The highest BCUT2D eigenvalue weighted by molar-refractivity contribution is 5.51. The monoisotopic (exact) mass is 239 g/mol. The van der Waals surface area contributed by atoms with E-state index >= 15 is 0 Å². The molecule has 18 heavy (non-hydrogen) atoms. The Morgan fingerprint density at radius 1 is 1.17 bits per heavy atom. The largest absolute Gasteiger partial charge is 0.384 e. The van der Waals surface area contributed by atoms with Gasteiger partial charge in [-0.3, -0.25) is 0 Å². The Morgan fingerprint density at radius 3 is 2.56 bits per heavy atom. The quantitative estimate of drug-likeness (QED) is 0.490. The van der Waals surface area contributed by atoms with Crippen molar-refractivity contribution in [1.29, 1.82) is 0 Å². The minimum absolute atomic E-state index is 0.458. The average molecular weight is 239 g/mol. The fourth-order valence-electron chi connectivity index (χ4n) is 1.85. The second-order valence-electron chi connectivity index (χ2n) is 4.06. The van der Waals surface area contributed by atoms with Gasteiger partial charge in [0.25, 0.3) is 0 Å². The van der Waals surface area contributed by atoms with E-state index in [4.69, 9.17) is 5.53 Å². The summed E-state index contributed by atoms with van der Waals surface area (Å²) in [7, 11) is 0. The second kappa shape index (κ2) is 5.36. The minimum atomic E-state index is -0.786. The van der Waals surface area contributed by atoms with Crippen LogP contribution >= 0.6 is 0 Å². The summed E-state index contributed by atoms with van der Waals surface area (Å²) in [5.74, 6) is 0. The van der Waals surface area contributed by atoms with Crippen molar-refractivity contribution in [2.45, 2.75) is 13.0 Å². The summed E-state index contributed by atoms with van der Waals surface area (Å²) in [6.45, 7) is 1.93. The number of rotatable bonds is 3. The minimum Gasteiger partial charge on any atom is -0.384 e. The molecule has 0 saturated heterocycles. The molecular weight excluding hydrogens is 226 g/mol. The summed E-state index contributed by atoms with van der Waals surface area (Å²) < 4.78 is 0. The predicted molar refractivity (Wildman–Crippen MR) is 70.5 cm³/mol. The van der Waals surface area contributed by atoms with Gasteiger partial charge < -0.3 is 5.11 Å². The van der Waals surface area contributed by atoms with E-state index in [1.165, 1.54) is 0 Å². The zero-order valence-corrected chi connectivity index (χ0v) is 9.99. The molecule has 0 bridgehead atoms. The second-order valence-corrected chi connectivity index (χ2v) is 4.06. The van der Waals surface area contributed by atoms with Gasteiger partial charge in [0.2, 0.25) is 0 Å². The fraction of sp³-hybridized carbons (Fsp3) is 0.143. The first-order valence-corrected chi connectivity index (χ1v) is 5.61. The van der Waals surface area contributed by atoms with Crippen LogP contribution in [0.3, 0.4) is 0 Å². The van der Waals surface area contributed by atoms with Crippen LogP contribution in [0.25, 0.3) is 10.4 Å². The number of benzene rings is 2. The lowest BCUT2D eigenvalue weighted by Gasteiger charge is -2.14. The van der Waals surface area contributed by atoms with Crippen LogP contribution in [-0.2, 0) is 0 Å². The highest BCUT2D eigenvalue weighted by Crippen LogP contribution is 2.31. The molecule has 1 N–H and O–H groups in total. The van der Waals surface area contributed by atoms with Crippen molar-refractivity contribution in [3.8, 4) is 0 Å². The first kappa shape index (κ1) is 12.2. The fourth-order valence-corrected chi connectivity index (χ4v) is 1.85. The van der Waals surface area contributed by atoms with Crippen LogP contribution in [0.5, 0.6) is 0 Å². The standard InChI is InChI=1S/C14H13N3O/c1-10-7-8-13(16-17-15)12(9-10)14(18)11-5-3-2-4-6-11/h2-9,14,18H,1H3. The van der Waals surface area contributed by atoms with Gasteiger partial charge in [-0.15, -0.1) is 0 Å². The summed E-state index contributed by atoms with van der Waals surface area (Å²) >= 11 is 0. The van der Waals surface area contributed by atoms with Crippen molar-refractivity contribution in [3.63, 3.8) is 0 Å². The first-order chi connectivity index (χ1) is 8.72. The molecule has 0 heterocycles. The molecule has 0 saturated carbocycles.